The fourth-order valence-corrected chi connectivity index (χ4v) is 5.31. The van der Waals surface area contributed by atoms with Gasteiger partial charge in [0.15, 0.2) is 11.3 Å². The van der Waals surface area contributed by atoms with Gasteiger partial charge in [-0.3, -0.25) is 4.79 Å². The molecular weight excluding hydrogens is 534 g/mol. The third-order valence-corrected chi connectivity index (χ3v) is 7.70. The monoisotopic (exact) mass is 563 g/mol. The van der Waals surface area contributed by atoms with E-state index in [1.54, 1.807) is 12.3 Å². The maximum Gasteiger partial charge on any atom is 0.318 e. The molecule has 40 heavy (non-hydrogen) atoms. The van der Waals surface area contributed by atoms with Crippen molar-refractivity contribution in [2.75, 3.05) is 13.1 Å². The second-order valence-corrected chi connectivity index (χ2v) is 11.1. The summed E-state index contributed by atoms with van der Waals surface area (Å²) in [5.74, 6) is -6.04. The molecule has 3 aromatic rings. The van der Waals surface area contributed by atoms with Crippen LogP contribution < -0.4 is 10.6 Å². The first-order chi connectivity index (χ1) is 19.0. The predicted octanol–water partition coefficient (Wildman–Crippen LogP) is 3.19. The summed E-state index contributed by atoms with van der Waals surface area (Å²) in [6.45, 7) is -0.872. The number of rotatable bonds is 8. The normalized spacial score (nSPS) is 21.8. The fourth-order valence-electron chi connectivity index (χ4n) is 5.31. The first-order valence-electron chi connectivity index (χ1n) is 13.4. The number of nitrogens with one attached hydrogen (secondary N) is 2. The highest BCUT2D eigenvalue weighted by molar-refractivity contribution is 5.92. The molecule has 3 amide bonds. The maximum atomic E-state index is 13.9. The van der Waals surface area contributed by atoms with Crippen LogP contribution in [0.25, 0.3) is 5.65 Å². The van der Waals surface area contributed by atoms with Gasteiger partial charge in [-0.15, -0.1) is 5.10 Å². The van der Waals surface area contributed by atoms with Crippen molar-refractivity contribution in [1.29, 1.82) is 0 Å². The Bertz CT molecular complexity index is 1410. The SMILES string of the molecule is O=C(NC(c1cn2ncc(CN3CC(F)(F)CNC3=O)cc2n1)C1CCC(F)(F)CC1)c1cnn(CC2CC2)n1. The lowest BCUT2D eigenvalue weighted by atomic mass is 9.81. The fraction of sp³-hybridized carbons (Fsp3) is 0.600. The van der Waals surface area contributed by atoms with Gasteiger partial charge in [-0.25, -0.2) is 31.9 Å². The molecule has 11 nitrogen and oxygen atoms in total. The molecule has 2 N–H and O–H groups in total. The van der Waals surface area contributed by atoms with Crippen molar-refractivity contribution in [3.05, 3.63) is 41.6 Å². The van der Waals surface area contributed by atoms with Gasteiger partial charge in [0.25, 0.3) is 11.8 Å². The third-order valence-electron chi connectivity index (χ3n) is 7.70. The molecule has 6 rings (SSSR count). The van der Waals surface area contributed by atoms with Crippen molar-refractivity contribution in [1.82, 2.24) is 45.1 Å². The van der Waals surface area contributed by atoms with E-state index in [4.69, 9.17) is 0 Å². The number of halogens is 4. The lowest BCUT2D eigenvalue weighted by Crippen LogP contribution is -2.56. The van der Waals surface area contributed by atoms with Crippen molar-refractivity contribution in [2.45, 2.75) is 69.5 Å². The summed E-state index contributed by atoms with van der Waals surface area (Å²) in [6.07, 6.45) is 6.47. The van der Waals surface area contributed by atoms with E-state index in [9.17, 15) is 27.2 Å². The van der Waals surface area contributed by atoms with E-state index in [-0.39, 0.29) is 43.8 Å². The van der Waals surface area contributed by atoms with Crippen molar-refractivity contribution in [3.8, 4) is 0 Å². The lowest BCUT2D eigenvalue weighted by Gasteiger charge is -2.33. The van der Waals surface area contributed by atoms with E-state index in [0.29, 0.717) is 29.4 Å². The Labute approximate surface area is 226 Å². The number of nitrogens with zero attached hydrogens (tertiary/aromatic N) is 7. The van der Waals surface area contributed by atoms with Gasteiger partial charge in [0.2, 0.25) is 5.92 Å². The van der Waals surface area contributed by atoms with E-state index in [1.165, 1.54) is 21.7 Å². The van der Waals surface area contributed by atoms with Gasteiger partial charge in [-0.05, 0) is 49.1 Å². The van der Waals surface area contributed by atoms with E-state index in [0.717, 1.165) is 17.7 Å². The highest BCUT2D eigenvalue weighted by atomic mass is 19.3. The molecule has 1 atom stereocenters. The Morgan fingerprint density at radius 3 is 2.62 bits per heavy atom. The molecule has 1 unspecified atom stereocenters. The van der Waals surface area contributed by atoms with Crippen LogP contribution in [0.15, 0.2) is 24.7 Å². The average molecular weight is 564 g/mol. The molecular formula is C25H29F4N9O2. The summed E-state index contributed by atoms with van der Waals surface area (Å²) >= 11 is 0. The first kappa shape index (κ1) is 26.4. The van der Waals surface area contributed by atoms with Crippen LogP contribution in [-0.2, 0) is 13.1 Å². The van der Waals surface area contributed by atoms with Gasteiger partial charge in [0.05, 0.1) is 50.0 Å². The number of fused-ring (bicyclic) bond motifs is 1. The van der Waals surface area contributed by atoms with Crippen LogP contribution in [0.2, 0.25) is 0 Å². The zero-order valence-corrected chi connectivity index (χ0v) is 21.6. The zero-order chi connectivity index (χ0) is 28.1. The van der Waals surface area contributed by atoms with Gasteiger partial charge in [-0.1, -0.05) is 0 Å². The molecule has 4 heterocycles. The number of urea groups is 1. The van der Waals surface area contributed by atoms with Crippen LogP contribution in [0.3, 0.4) is 0 Å². The van der Waals surface area contributed by atoms with Gasteiger partial charge in [-0.2, -0.15) is 15.0 Å². The number of aromatic nitrogens is 6. The molecule has 1 saturated heterocycles. The van der Waals surface area contributed by atoms with Crippen LogP contribution in [0, 0.1) is 11.8 Å². The van der Waals surface area contributed by atoms with Crippen LogP contribution in [0.5, 0.6) is 0 Å². The Morgan fingerprint density at radius 1 is 1.10 bits per heavy atom. The minimum absolute atomic E-state index is 0.0957. The molecule has 3 aliphatic rings. The quantitative estimate of drug-likeness (QED) is 0.406. The average Bonchev–Trinajstić information content (AvgIpc) is 3.41. The van der Waals surface area contributed by atoms with Crippen molar-refractivity contribution >= 4 is 17.6 Å². The molecule has 2 aliphatic carbocycles. The van der Waals surface area contributed by atoms with Gasteiger partial charge < -0.3 is 15.5 Å². The van der Waals surface area contributed by atoms with Crippen LogP contribution in [0.4, 0.5) is 22.4 Å². The van der Waals surface area contributed by atoms with Crippen LogP contribution >= 0.6 is 0 Å². The maximum absolute atomic E-state index is 13.9. The van der Waals surface area contributed by atoms with Crippen molar-refractivity contribution < 1.29 is 27.2 Å². The molecule has 15 heteroatoms. The molecule has 0 radical (unpaired) electrons. The number of hydrogen-bond donors (Lipinski definition) is 2. The van der Waals surface area contributed by atoms with Gasteiger partial charge >= 0.3 is 6.03 Å². The number of carbonyl (C=O) groups is 2. The topological polar surface area (TPSA) is 122 Å². The smallest absolute Gasteiger partial charge is 0.318 e. The van der Waals surface area contributed by atoms with E-state index < -0.39 is 42.9 Å². The summed E-state index contributed by atoms with van der Waals surface area (Å²) in [6, 6.07) is 0.336. The van der Waals surface area contributed by atoms with E-state index in [1.807, 2.05) is 0 Å². The molecule has 214 valence electrons. The Hall–Kier alpha value is -3.78. The van der Waals surface area contributed by atoms with Crippen molar-refractivity contribution in [2.24, 2.45) is 11.8 Å². The highest BCUT2D eigenvalue weighted by Gasteiger charge is 2.40. The Balaban J connectivity index is 1.23. The van der Waals surface area contributed by atoms with Crippen molar-refractivity contribution in [3.63, 3.8) is 0 Å². The molecule has 0 aromatic carbocycles. The number of alkyl halides is 4. The summed E-state index contributed by atoms with van der Waals surface area (Å²) in [4.78, 5) is 32.3. The molecule has 3 aromatic heterocycles. The molecule has 2 saturated carbocycles. The second kappa shape index (κ2) is 10.0. The van der Waals surface area contributed by atoms with Crippen LogP contribution in [-0.4, -0.2) is 71.4 Å². The summed E-state index contributed by atoms with van der Waals surface area (Å²) in [5, 5.41) is 17.9. The van der Waals surface area contributed by atoms with Gasteiger partial charge in [0, 0.05) is 19.4 Å². The van der Waals surface area contributed by atoms with E-state index >= 15 is 0 Å². The lowest BCUT2D eigenvalue weighted by molar-refractivity contribution is -0.0495. The number of carbonyl (C=O) groups excluding carboxylic acids is 2. The molecule has 0 bridgehead atoms. The number of amides is 3. The number of imidazole rings is 1. The number of hydrogen-bond acceptors (Lipinski definition) is 6. The minimum Gasteiger partial charge on any atom is -0.342 e. The summed E-state index contributed by atoms with van der Waals surface area (Å²) in [5.41, 5.74) is 1.42. The van der Waals surface area contributed by atoms with Crippen LogP contribution in [0.1, 0.15) is 66.3 Å². The molecule has 3 fully saturated rings. The highest BCUT2D eigenvalue weighted by Crippen LogP contribution is 2.41. The predicted molar refractivity (Wildman–Crippen MR) is 132 cm³/mol. The standard InChI is InChI=1S/C25H29F4N9O2/c26-24(27)5-3-17(4-6-24)21(34-22(39)18-9-32-38(35-18)11-15-1-2-15)19-12-37-20(33-19)7-16(8-31-37)10-36-14-25(28,29)13-30-23(36)40/h7-9,12,15,17,21H,1-6,10-11,13-14H2,(H,30,40)(H,34,39). The third kappa shape index (κ3) is 5.87. The zero-order valence-electron chi connectivity index (χ0n) is 21.6. The summed E-state index contributed by atoms with van der Waals surface area (Å²) in [7, 11) is 0. The summed E-state index contributed by atoms with van der Waals surface area (Å²) < 4.78 is 57.0. The van der Waals surface area contributed by atoms with Gasteiger partial charge in [0.1, 0.15) is 0 Å². The Morgan fingerprint density at radius 2 is 1.88 bits per heavy atom. The minimum atomic E-state index is -3.04. The largest absolute Gasteiger partial charge is 0.342 e. The first-order valence-corrected chi connectivity index (χ1v) is 13.4. The van der Waals surface area contributed by atoms with E-state index in [2.05, 4.69) is 30.9 Å². The Kier molecular flexibility index (Phi) is 6.61. The molecule has 1 aliphatic heterocycles. The second-order valence-electron chi connectivity index (χ2n) is 11.1. The molecule has 0 spiro atoms.